The van der Waals surface area contributed by atoms with Crippen molar-refractivity contribution in [3.63, 3.8) is 0 Å². The minimum Gasteiger partial charge on any atom is -0.208 e. The van der Waals surface area contributed by atoms with Gasteiger partial charge < -0.3 is 0 Å². The van der Waals surface area contributed by atoms with Crippen LogP contribution in [0.5, 0.6) is 0 Å². The summed E-state index contributed by atoms with van der Waals surface area (Å²) in [4.78, 5) is 14.4. The van der Waals surface area contributed by atoms with Gasteiger partial charge in [-0.3, -0.25) is 0 Å². The zero-order chi connectivity index (χ0) is 44.3. The van der Waals surface area contributed by atoms with E-state index in [1.807, 2.05) is 66.7 Å². The second kappa shape index (κ2) is 11.8. The summed E-state index contributed by atoms with van der Waals surface area (Å²) < 4.78 is 119. The number of hydrogen-bond donors (Lipinski definition) is 0. The molecule has 0 spiro atoms. The van der Waals surface area contributed by atoms with Crippen molar-refractivity contribution in [3.05, 3.63) is 163 Å². The quantitative estimate of drug-likeness (QED) is 0.181. The molecule has 7 aromatic carbocycles. The zero-order valence-electron chi connectivity index (χ0n) is 38.7. The maximum atomic E-state index is 9.76. The van der Waals surface area contributed by atoms with Crippen LogP contribution in [0.4, 0.5) is 0 Å². The van der Waals surface area contributed by atoms with Gasteiger partial charge in [-0.25, -0.2) is 15.0 Å². The van der Waals surface area contributed by atoms with Crippen LogP contribution in [0.3, 0.4) is 0 Å². The molecule has 0 amide bonds. The molecule has 0 aliphatic carbocycles. The highest BCUT2D eigenvalue weighted by molar-refractivity contribution is 7.26. The minimum absolute atomic E-state index is 0.0278. The van der Waals surface area contributed by atoms with Gasteiger partial charge >= 0.3 is 0 Å². The molecule has 0 saturated heterocycles. The third-order valence-corrected chi connectivity index (χ3v) is 10.9. The third-order valence-electron chi connectivity index (χ3n) is 8.46. The maximum Gasteiger partial charge on any atom is 0.165 e. The first kappa shape index (κ1) is 18.7. The molecule has 0 radical (unpaired) electrons. The first-order valence-corrected chi connectivity index (χ1v) is 17.2. The lowest BCUT2D eigenvalue weighted by atomic mass is 9.99. The van der Waals surface area contributed by atoms with E-state index in [1.165, 1.54) is 22.7 Å². The molecule has 0 unspecified atom stereocenters. The van der Waals surface area contributed by atoms with Gasteiger partial charge in [0, 0.05) is 57.0 Å². The van der Waals surface area contributed by atoms with Crippen molar-refractivity contribution < 1.29 is 17.8 Å². The molecule has 0 N–H and O–H groups in total. The lowest BCUT2D eigenvalue weighted by Gasteiger charge is -2.13. The van der Waals surface area contributed by atoms with Crippen LogP contribution in [0.25, 0.3) is 96.8 Å². The van der Waals surface area contributed by atoms with Crippen molar-refractivity contribution in [3.8, 4) is 56.4 Å². The lowest BCUT2D eigenvalue weighted by molar-refractivity contribution is 1.08. The molecule has 0 aliphatic rings. The van der Waals surface area contributed by atoms with Gasteiger partial charge in [-0.05, 0) is 46.5 Å². The van der Waals surface area contributed by atoms with Crippen molar-refractivity contribution in [1.29, 1.82) is 0 Å². The molecule has 5 heteroatoms. The molecular formula is C45H27N3S2. The van der Waals surface area contributed by atoms with E-state index >= 15 is 0 Å². The van der Waals surface area contributed by atoms with E-state index in [0.29, 0.717) is 11.1 Å². The minimum atomic E-state index is -0.734. The number of rotatable bonds is 5. The van der Waals surface area contributed by atoms with Crippen LogP contribution < -0.4 is 0 Å². The Morgan fingerprint density at radius 1 is 0.380 bits per heavy atom. The summed E-state index contributed by atoms with van der Waals surface area (Å²) in [5.41, 5.74) is -0.611. The average molecular weight is 687 g/mol. The van der Waals surface area contributed by atoms with Gasteiger partial charge in [0.2, 0.25) is 0 Å². The van der Waals surface area contributed by atoms with Crippen LogP contribution in [-0.4, -0.2) is 15.0 Å². The Morgan fingerprint density at radius 2 is 0.900 bits per heavy atom. The van der Waals surface area contributed by atoms with Crippen LogP contribution in [0.15, 0.2) is 163 Å². The maximum absolute atomic E-state index is 9.76. The summed E-state index contributed by atoms with van der Waals surface area (Å²) in [6.45, 7) is 0. The highest BCUT2D eigenvalue weighted by Gasteiger charge is 2.19. The fourth-order valence-electron chi connectivity index (χ4n) is 6.22. The van der Waals surface area contributed by atoms with E-state index in [-0.39, 0.29) is 34.9 Å². The average Bonchev–Trinajstić information content (AvgIpc) is 3.87. The fourth-order valence-corrected chi connectivity index (χ4v) is 8.65. The van der Waals surface area contributed by atoms with Crippen LogP contribution in [-0.2, 0) is 0 Å². The largest absolute Gasteiger partial charge is 0.208 e. The van der Waals surface area contributed by atoms with E-state index in [0.717, 1.165) is 40.3 Å². The lowest BCUT2D eigenvalue weighted by Crippen LogP contribution is -2.01. The van der Waals surface area contributed by atoms with Crippen LogP contribution in [0.1, 0.15) is 17.8 Å². The summed E-state index contributed by atoms with van der Waals surface area (Å²) in [5, 5.41) is 3.69. The molecule has 10 rings (SSSR count). The van der Waals surface area contributed by atoms with Gasteiger partial charge in [0.1, 0.15) is 0 Å². The fraction of sp³-hybridized carbons (Fsp3) is 0. The predicted molar refractivity (Wildman–Crippen MR) is 213 cm³/mol. The van der Waals surface area contributed by atoms with E-state index in [4.69, 9.17) is 28.7 Å². The molecule has 0 bridgehead atoms. The number of nitrogens with zero attached hydrogens (tertiary/aromatic N) is 3. The smallest absolute Gasteiger partial charge is 0.165 e. The number of fused-ring (bicyclic) bond motifs is 6. The van der Waals surface area contributed by atoms with Gasteiger partial charge in [-0.2, -0.15) is 0 Å². The summed E-state index contributed by atoms with van der Waals surface area (Å²) >= 11 is 2.93. The summed E-state index contributed by atoms with van der Waals surface area (Å²) in [7, 11) is 0. The second-order valence-corrected chi connectivity index (χ2v) is 13.5. The van der Waals surface area contributed by atoms with Gasteiger partial charge in [-0.1, -0.05) is 139 Å². The summed E-state index contributed by atoms with van der Waals surface area (Å²) in [6, 6.07) is 18.4. The number of benzene rings is 7. The number of hydrogen-bond acceptors (Lipinski definition) is 5. The van der Waals surface area contributed by atoms with E-state index in [9.17, 15) is 4.11 Å². The molecular weight excluding hydrogens is 647 g/mol. The van der Waals surface area contributed by atoms with Crippen molar-refractivity contribution in [1.82, 2.24) is 15.0 Å². The molecule has 234 valence electrons. The molecule has 50 heavy (non-hydrogen) atoms. The van der Waals surface area contributed by atoms with Crippen LogP contribution in [0, 0.1) is 0 Å². The Bertz CT molecular complexity index is 3610. The molecule has 3 heterocycles. The zero-order valence-corrected chi connectivity index (χ0v) is 27.4. The molecule has 0 aliphatic heterocycles. The van der Waals surface area contributed by atoms with Crippen molar-refractivity contribution in [2.75, 3.05) is 0 Å². The molecule has 0 atom stereocenters. The summed E-state index contributed by atoms with van der Waals surface area (Å²) in [6.07, 6.45) is 0. The SMILES string of the molecule is [2H]c1c([2H])c([2H])c(-c2c([2H])c([2H])c([2H])c([2H])c2-c2nc(-c3c([2H])c([2H])c([2H])c(-c4cccc5c4sc4ccccc45)c3[2H])nc(-c3cccc4c3sc3ccccc34)n2)c([2H])c1[2H]. The van der Waals surface area contributed by atoms with E-state index in [2.05, 4.69) is 0 Å². The number of thiophene rings is 2. The Morgan fingerprint density at radius 3 is 1.62 bits per heavy atom. The van der Waals surface area contributed by atoms with E-state index in [1.54, 1.807) is 18.2 Å². The van der Waals surface area contributed by atoms with Gasteiger partial charge in [0.15, 0.2) is 17.5 Å². The van der Waals surface area contributed by atoms with Crippen molar-refractivity contribution in [2.45, 2.75) is 0 Å². The standard InChI is InChI=1S/C45H27N3S2/c1-2-13-28(14-3-1)31-17-4-5-20-37(31)44-46-43(47-45(48-44)38-24-12-23-36-34-19-7-9-26-40(34)50-42(36)38)30-16-10-15-29(27-30)32-21-11-22-35-33-18-6-8-25-39(33)49-41(32)35/h1-27H/i1D,2D,3D,4D,5D,10D,13D,14D,15D,16D,17D,20D,27D. The van der Waals surface area contributed by atoms with Gasteiger partial charge in [-0.15, -0.1) is 22.7 Å². The normalized spacial score (nSPS) is 15.2. The third kappa shape index (κ3) is 4.82. The monoisotopic (exact) mass is 686 g/mol. The van der Waals surface area contributed by atoms with Crippen molar-refractivity contribution in [2.24, 2.45) is 0 Å². The summed E-state index contributed by atoms with van der Waals surface area (Å²) in [5.74, 6) is -0.754. The molecule has 0 saturated carbocycles. The van der Waals surface area contributed by atoms with E-state index < -0.39 is 89.0 Å². The number of aromatic nitrogens is 3. The Kier molecular flexibility index (Phi) is 4.42. The second-order valence-electron chi connectivity index (χ2n) is 11.4. The molecule has 0 fully saturated rings. The molecule has 3 aromatic heterocycles. The Labute approximate surface area is 315 Å². The van der Waals surface area contributed by atoms with Crippen molar-refractivity contribution >= 4 is 63.0 Å². The van der Waals surface area contributed by atoms with Crippen LogP contribution >= 0.6 is 22.7 Å². The molecule has 3 nitrogen and oxygen atoms in total. The Balaban J connectivity index is 1.34. The highest BCUT2D eigenvalue weighted by Crippen LogP contribution is 2.42. The first-order valence-electron chi connectivity index (χ1n) is 22.1. The highest BCUT2D eigenvalue weighted by atomic mass is 32.1. The topological polar surface area (TPSA) is 38.7 Å². The van der Waals surface area contributed by atoms with Crippen LogP contribution in [0.2, 0.25) is 0 Å². The van der Waals surface area contributed by atoms with Gasteiger partial charge in [0.05, 0.1) is 17.8 Å². The van der Waals surface area contributed by atoms with Gasteiger partial charge in [0.25, 0.3) is 0 Å². The predicted octanol–water partition coefficient (Wildman–Crippen LogP) is 12.9. The Hall–Kier alpha value is -6.01. The molecule has 10 aromatic rings. The first-order chi connectivity index (χ1) is 30.2.